The van der Waals surface area contributed by atoms with Crippen molar-refractivity contribution >= 4 is 11.8 Å². The van der Waals surface area contributed by atoms with Crippen LogP contribution >= 0.6 is 0 Å². The molecule has 2 aromatic rings. The third-order valence-electron chi connectivity index (χ3n) is 7.51. The van der Waals surface area contributed by atoms with Crippen LogP contribution in [0.2, 0.25) is 0 Å². The normalized spacial score (nSPS) is 24.6. The Morgan fingerprint density at radius 3 is 2.38 bits per heavy atom. The van der Waals surface area contributed by atoms with Crippen molar-refractivity contribution in [3.05, 3.63) is 64.7 Å². The van der Waals surface area contributed by atoms with E-state index in [1.165, 1.54) is 5.56 Å². The van der Waals surface area contributed by atoms with Gasteiger partial charge in [-0.25, -0.2) is 0 Å². The fraction of sp³-hybridized carbons (Fsp3) is 0.417. The molecule has 5 nitrogen and oxygen atoms in total. The van der Waals surface area contributed by atoms with Crippen molar-refractivity contribution in [2.75, 3.05) is 13.6 Å². The molecule has 2 aliphatic rings. The van der Waals surface area contributed by atoms with Crippen LogP contribution in [0.15, 0.2) is 42.5 Å². The van der Waals surface area contributed by atoms with Crippen molar-refractivity contribution in [1.29, 1.82) is 0 Å². The minimum atomic E-state index is -0.168. The molecule has 1 heterocycles. The van der Waals surface area contributed by atoms with Crippen LogP contribution < -0.4 is 5.32 Å². The molecule has 0 saturated carbocycles. The maximum absolute atomic E-state index is 13.4. The largest absolute Gasteiger partial charge is 0.508 e. The summed E-state index contributed by atoms with van der Waals surface area (Å²) < 4.78 is 0. The first kappa shape index (κ1) is 19.5. The van der Waals surface area contributed by atoms with E-state index in [4.69, 9.17) is 0 Å². The number of nitrogens with zero attached hydrogens (tertiary/aromatic N) is 1. The molecule has 1 fully saturated rings. The second-order valence-corrected chi connectivity index (χ2v) is 8.98. The average molecular weight is 392 g/mol. The molecule has 1 aliphatic heterocycles. The summed E-state index contributed by atoms with van der Waals surface area (Å²) in [7, 11) is 1.59. The number of rotatable bonds is 2. The Bertz CT molecular complexity index is 980. The van der Waals surface area contributed by atoms with Crippen molar-refractivity contribution in [2.45, 2.75) is 45.1 Å². The predicted octanol–water partition coefficient (Wildman–Crippen LogP) is 3.51. The van der Waals surface area contributed by atoms with Crippen molar-refractivity contribution in [3.63, 3.8) is 0 Å². The van der Waals surface area contributed by atoms with E-state index in [0.717, 1.165) is 12.0 Å². The van der Waals surface area contributed by atoms with Crippen LogP contribution in [-0.4, -0.2) is 41.5 Å². The van der Waals surface area contributed by atoms with Gasteiger partial charge in [0.05, 0.1) is 0 Å². The van der Waals surface area contributed by atoms with Gasteiger partial charge >= 0.3 is 0 Å². The van der Waals surface area contributed by atoms with Gasteiger partial charge in [0.25, 0.3) is 11.8 Å². The van der Waals surface area contributed by atoms with E-state index in [2.05, 4.69) is 32.2 Å². The van der Waals surface area contributed by atoms with Gasteiger partial charge in [-0.05, 0) is 59.7 Å². The first-order valence-corrected chi connectivity index (χ1v) is 10.1. The summed E-state index contributed by atoms with van der Waals surface area (Å²) in [4.78, 5) is 27.1. The van der Waals surface area contributed by atoms with Crippen LogP contribution in [0, 0.1) is 5.41 Å². The highest BCUT2D eigenvalue weighted by Gasteiger charge is 2.57. The van der Waals surface area contributed by atoms with E-state index in [9.17, 15) is 14.7 Å². The van der Waals surface area contributed by atoms with E-state index >= 15 is 0 Å². The number of benzene rings is 2. The zero-order chi connectivity index (χ0) is 21.0. The van der Waals surface area contributed by atoms with Crippen molar-refractivity contribution < 1.29 is 14.7 Å². The molecule has 2 amide bonds. The first-order valence-electron chi connectivity index (χ1n) is 10.1. The Morgan fingerprint density at radius 1 is 1.07 bits per heavy atom. The Labute approximate surface area is 171 Å². The smallest absolute Gasteiger partial charge is 0.254 e. The molecule has 0 radical (unpaired) electrons. The fourth-order valence-corrected chi connectivity index (χ4v) is 5.24. The zero-order valence-electron chi connectivity index (χ0n) is 17.5. The molecule has 2 N–H and O–H groups in total. The molecule has 2 aromatic carbocycles. The van der Waals surface area contributed by atoms with Crippen molar-refractivity contribution in [3.8, 4) is 5.75 Å². The van der Waals surface area contributed by atoms with Gasteiger partial charge in [0.1, 0.15) is 5.75 Å². The molecule has 5 heteroatoms. The number of carbonyl (C=O) groups excluding carboxylic acids is 2. The Kier molecular flexibility index (Phi) is 4.45. The van der Waals surface area contributed by atoms with Crippen LogP contribution in [0.4, 0.5) is 0 Å². The number of piperidine rings is 1. The molecule has 1 saturated heterocycles. The molecular weight excluding hydrogens is 364 g/mol. The summed E-state index contributed by atoms with van der Waals surface area (Å²) in [5.41, 5.74) is 3.05. The summed E-state index contributed by atoms with van der Waals surface area (Å²) in [6, 6.07) is 12.6. The van der Waals surface area contributed by atoms with Crippen LogP contribution in [0.1, 0.15) is 59.0 Å². The summed E-state index contributed by atoms with van der Waals surface area (Å²) in [5.74, 6) is 0.129. The van der Waals surface area contributed by atoms with E-state index in [1.54, 1.807) is 37.4 Å². The van der Waals surface area contributed by atoms with Crippen molar-refractivity contribution in [1.82, 2.24) is 10.2 Å². The quantitative estimate of drug-likeness (QED) is 0.822. The third kappa shape index (κ3) is 2.75. The highest BCUT2D eigenvalue weighted by molar-refractivity contribution is 5.98. The number of likely N-dealkylation sites (tertiary alicyclic amines) is 1. The minimum Gasteiger partial charge on any atom is -0.508 e. The number of hydrogen-bond donors (Lipinski definition) is 2. The van der Waals surface area contributed by atoms with E-state index < -0.39 is 0 Å². The Morgan fingerprint density at radius 2 is 1.72 bits per heavy atom. The first-order chi connectivity index (χ1) is 13.7. The number of amides is 2. The standard InChI is InChI=1S/C24H28N2O3/c1-23(2)20-14-17-18(6-5-7-19(17)27)24(23,3)12-13-26(20)22(29)16-10-8-15(9-11-16)21(28)25-4/h5-11,20,27H,12-14H2,1-4H3,(H,25,28)/t20-,24+/m1/s1. The third-order valence-corrected chi connectivity index (χ3v) is 7.51. The lowest BCUT2D eigenvalue weighted by Gasteiger charge is -2.60. The lowest BCUT2D eigenvalue weighted by molar-refractivity contribution is -0.0266. The highest BCUT2D eigenvalue weighted by atomic mass is 16.3. The number of phenols is 1. The van der Waals surface area contributed by atoms with Gasteiger partial charge < -0.3 is 15.3 Å². The number of aromatic hydroxyl groups is 1. The molecule has 4 rings (SSSR count). The summed E-state index contributed by atoms with van der Waals surface area (Å²) in [6.45, 7) is 7.41. The minimum absolute atomic E-state index is 0.00633. The average Bonchev–Trinajstić information content (AvgIpc) is 2.70. The summed E-state index contributed by atoms with van der Waals surface area (Å²) in [6.07, 6.45) is 1.49. The summed E-state index contributed by atoms with van der Waals surface area (Å²) in [5, 5.41) is 13.1. The van der Waals surface area contributed by atoms with E-state index in [0.29, 0.717) is 29.8 Å². The zero-order valence-corrected chi connectivity index (χ0v) is 17.5. The van der Waals surface area contributed by atoms with Gasteiger partial charge in [-0.2, -0.15) is 0 Å². The maximum atomic E-state index is 13.4. The second-order valence-electron chi connectivity index (χ2n) is 8.98. The molecule has 0 aromatic heterocycles. The van der Waals surface area contributed by atoms with Gasteiger partial charge in [-0.1, -0.05) is 32.9 Å². The maximum Gasteiger partial charge on any atom is 0.254 e. The second kappa shape index (κ2) is 6.61. The lowest BCUT2D eigenvalue weighted by atomic mass is 9.51. The Balaban J connectivity index is 1.70. The molecule has 1 aliphatic carbocycles. The van der Waals surface area contributed by atoms with E-state index in [-0.39, 0.29) is 28.7 Å². The van der Waals surface area contributed by atoms with Crippen LogP contribution in [0.25, 0.3) is 0 Å². The molecule has 0 unspecified atom stereocenters. The predicted molar refractivity (Wildman–Crippen MR) is 112 cm³/mol. The number of nitrogens with one attached hydrogen (secondary N) is 1. The number of phenolic OH excluding ortho intramolecular Hbond substituents is 1. The lowest BCUT2D eigenvalue weighted by Crippen LogP contribution is -2.64. The fourth-order valence-electron chi connectivity index (χ4n) is 5.24. The number of hydrogen-bond acceptors (Lipinski definition) is 3. The topological polar surface area (TPSA) is 69.6 Å². The van der Waals surface area contributed by atoms with Crippen LogP contribution in [0.3, 0.4) is 0 Å². The van der Waals surface area contributed by atoms with Crippen LogP contribution in [0.5, 0.6) is 5.75 Å². The number of carbonyl (C=O) groups is 2. The van der Waals surface area contributed by atoms with Gasteiger partial charge in [0.2, 0.25) is 0 Å². The molecule has 29 heavy (non-hydrogen) atoms. The number of fused-ring (bicyclic) bond motifs is 4. The monoisotopic (exact) mass is 392 g/mol. The van der Waals surface area contributed by atoms with Gasteiger partial charge in [0, 0.05) is 36.2 Å². The van der Waals surface area contributed by atoms with Gasteiger partial charge in [-0.15, -0.1) is 0 Å². The van der Waals surface area contributed by atoms with Gasteiger partial charge in [0.15, 0.2) is 0 Å². The SMILES string of the molecule is CNC(=O)c1ccc(C(=O)N2CC[C@@]3(C)c4cccc(O)c4C[C@@H]2C3(C)C)cc1. The summed E-state index contributed by atoms with van der Waals surface area (Å²) >= 11 is 0. The molecule has 152 valence electrons. The highest BCUT2D eigenvalue weighted by Crippen LogP contribution is 2.57. The Hall–Kier alpha value is -2.82. The van der Waals surface area contributed by atoms with E-state index in [1.807, 2.05) is 11.0 Å². The molecule has 2 atom stereocenters. The van der Waals surface area contributed by atoms with Crippen molar-refractivity contribution in [2.24, 2.45) is 5.41 Å². The molecule has 0 spiro atoms. The van der Waals surface area contributed by atoms with Gasteiger partial charge in [-0.3, -0.25) is 9.59 Å². The molecule has 2 bridgehead atoms. The molecular formula is C24H28N2O3. The van der Waals surface area contributed by atoms with Crippen LogP contribution in [-0.2, 0) is 11.8 Å².